The average Bonchev–Trinajstić information content (AvgIpc) is 2.35. The van der Waals surface area contributed by atoms with Crippen molar-refractivity contribution in [2.24, 2.45) is 0 Å². The summed E-state index contributed by atoms with van der Waals surface area (Å²) in [6, 6.07) is 7.88. The first kappa shape index (κ1) is 15.0. The molecule has 1 aromatic rings. The summed E-state index contributed by atoms with van der Waals surface area (Å²) in [7, 11) is 0. The topological polar surface area (TPSA) is 41.6 Å². The molecule has 4 nitrogen and oxygen atoms in total. The monoisotopic (exact) mass is 276 g/mol. The van der Waals surface area contributed by atoms with E-state index in [1.807, 2.05) is 31.2 Å². The third-order valence-electron chi connectivity index (χ3n) is 3.45. The molecule has 2 rings (SSSR count). The quantitative estimate of drug-likeness (QED) is 0.918. The Morgan fingerprint density at radius 3 is 2.70 bits per heavy atom. The van der Waals surface area contributed by atoms with Crippen molar-refractivity contribution >= 4 is 11.6 Å². The van der Waals surface area contributed by atoms with Gasteiger partial charge in [-0.25, -0.2) is 0 Å². The van der Waals surface area contributed by atoms with Gasteiger partial charge in [-0.3, -0.25) is 9.69 Å². The number of nitrogens with one attached hydrogen (secondary N) is 1. The number of anilines is 1. The summed E-state index contributed by atoms with van der Waals surface area (Å²) in [6.07, 6.45) is 1.02. The molecule has 1 amide bonds. The number of hydrogen-bond donors (Lipinski definition) is 1. The van der Waals surface area contributed by atoms with Crippen LogP contribution in [-0.2, 0) is 9.53 Å². The lowest BCUT2D eigenvalue weighted by atomic mass is 10.2. The maximum Gasteiger partial charge on any atom is 0.225 e. The van der Waals surface area contributed by atoms with Gasteiger partial charge in [-0.15, -0.1) is 0 Å². The Bertz CT molecular complexity index is 452. The molecular weight excluding hydrogens is 252 g/mol. The Balaban J connectivity index is 1.77. The Morgan fingerprint density at radius 1 is 1.35 bits per heavy atom. The normalized spacial score (nSPS) is 23.6. The zero-order valence-corrected chi connectivity index (χ0v) is 12.6. The van der Waals surface area contributed by atoms with Gasteiger partial charge >= 0.3 is 0 Å². The number of nitrogens with zero attached hydrogens (tertiary/aromatic N) is 1. The summed E-state index contributed by atoms with van der Waals surface area (Å²) in [5.74, 6) is 0.0717. The number of ether oxygens (including phenoxy) is 1. The van der Waals surface area contributed by atoms with Crippen LogP contribution in [0.3, 0.4) is 0 Å². The summed E-state index contributed by atoms with van der Waals surface area (Å²) in [5.41, 5.74) is 2.03. The number of aryl methyl sites for hydroxylation is 1. The second-order valence-electron chi connectivity index (χ2n) is 5.68. The minimum Gasteiger partial charge on any atom is -0.373 e. The third-order valence-corrected chi connectivity index (χ3v) is 3.45. The standard InChI is InChI=1S/C16H24N2O2/c1-12-5-4-6-15(9-12)17-16(19)7-8-18-10-13(2)20-14(3)11-18/h4-6,9,13-14H,7-8,10-11H2,1-3H3,(H,17,19)/t13-,14-/m1/s1. The van der Waals surface area contributed by atoms with Crippen molar-refractivity contribution in [3.8, 4) is 0 Å². The van der Waals surface area contributed by atoms with E-state index < -0.39 is 0 Å². The third kappa shape index (κ3) is 4.62. The summed E-state index contributed by atoms with van der Waals surface area (Å²) < 4.78 is 5.69. The predicted octanol–water partition coefficient (Wildman–Crippen LogP) is 2.43. The van der Waals surface area contributed by atoms with Crippen molar-refractivity contribution in [2.75, 3.05) is 25.0 Å². The number of morpholine rings is 1. The molecule has 0 spiro atoms. The van der Waals surface area contributed by atoms with Crippen LogP contribution in [-0.4, -0.2) is 42.6 Å². The molecule has 1 aliphatic heterocycles. The molecule has 20 heavy (non-hydrogen) atoms. The van der Waals surface area contributed by atoms with E-state index in [2.05, 4.69) is 24.1 Å². The van der Waals surface area contributed by atoms with Gasteiger partial charge in [0.1, 0.15) is 0 Å². The highest BCUT2D eigenvalue weighted by Gasteiger charge is 2.22. The predicted molar refractivity (Wildman–Crippen MR) is 80.9 cm³/mol. The number of carbonyl (C=O) groups is 1. The molecule has 1 aliphatic rings. The molecule has 0 radical (unpaired) electrons. The average molecular weight is 276 g/mol. The molecule has 0 unspecified atom stereocenters. The highest BCUT2D eigenvalue weighted by Crippen LogP contribution is 2.12. The fourth-order valence-electron chi connectivity index (χ4n) is 2.67. The van der Waals surface area contributed by atoms with E-state index in [1.54, 1.807) is 0 Å². The largest absolute Gasteiger partial charge is 0.373 e. The Morgan fingerprint density at radius 2 is 2.05 bits per heavy atom. The minimum absolute atomic E-state index is 0.0717. The Hall–Kier alpha value is -1.39. The fourth-order valence-corrected chi connectivity index (χ4v) is 2.67. The number of hydrogen-bond acceptors (Lipinski definition) is 3. The van der Waals surface area contributed by atoms with Gasteiger partial charge in [-0.1, -0.05) is 12.1 Å². The number of amides is 1. The van der Waals surface area contributed by atoms with E-state index in [-0.39, 0.29) is 18.1 Å². The van der Waals surface area contributed by atoms with Crippen molar-refractivity contribution in [3.05, 3.63) is 29.8 Å². The molecule has 1 aromatic carbocycles. The maximum atomic E-state index is 12.0. The van der Waals surface area contributed by atoms with Gasteiger partial charge in [-0.2, -0.15) is 0 Å². The molecule has 1 heterocycles. The van der Waals surface area contributed by atoms with Crippen LogP contribution in [0.1, 0.15) is 25.8 Å². The van der Waals surface area contributed by atoms with E-state index >= 15 is 0 Å². The van der Waals surface area contributed by atoms with Crippen LogP contribution >= 0.6 is 0 Å². The summed E-state index contributed by atoms with van der Waals surface area (Å²) >= 11 is 0. The van der Waals surface area contributed by atoms with Crippen molar-refractivity contribution in [3.63, 3.8) is 0 Å². The number of carbonyl (C=O) groups excluding carboxylic acids is 1. The van der Waals surface area contributed by atoms with E-state index in [1.165, 1.54) is 0 Å². The van der Waals surface area contributed by atoms with E-state index in [0.29, 0.717) is 6.42 Å². The molecule has 0 aliphatic carbocycles. The Kier molecular flexibility index (Phi) is 5.15. The van der Waals surface area contributed by atoms with Crippen LogP contribution in [0.15, 0.2) is 24.3 Å². The van der Waals surface area contributed by atoms with Crippen LogP contribution in [0.4, 0.5) is 5.69 Å². The highest BCUT2D eigenvalue weighted by atomic mass is 16.5. The molecule has 0 saturated carbocycles. The molecule has 110 valence electrons. The molecule has 0 bridgehead atoms. The minimum atomic E-state index is 0.0717. The van der Waals surface area contributed by atoms with Gasteiger partial charge in [0.15, 0.2) is 0 Å². The van der Waals surface area contributed by atoms with Gasteiger partial charge in [0.05, 0.1) is 12.2 Å². The molecule has 2 atom stereocenters. The lowest BCUT2D eigenvalue weighted by molar-refractivity contribution is -0.117. The van der Waals surface area contributed by atoms with Gasteiger partial charge in [0.25, 0.3) is 0 Å². The SMILES string of the molecule is Cc1cccc(NC(=O)CCN2C[C@@H](C)O[C@H](C)C2)c1. The number of rotatable bonds is 4. The Labute approximate surface area is 121 Å². The van der Waals surface area contributed by atoms with Crippen molar-refractivity contribution < 1.29 is 9.53 Å². The van der Waals surface area contributed by atoms with E-state index in [9.17, 15) is 4.79 Å². The van der Waals surface area contributed by atoms with Gasteiger partial charge < -0.3 is 10.1 Å². The van der Waals surface area contributed by atoms with Crippen LogP contribution < -0.4 is 5.32 Å². The van der Waals surface area contributed by atoms with Crippen molar-refractivity contribution in [1.29, 1.82) is 0 Å². The first-order valence-corrected chi connectivity index (χ1v) is 7.27. The van der Waals surface area contributed by atoms with Crippen molar-refractivity contribution in [1.82, 2.24) is 4.90 Å². The van der Waals surface area contributed by atoms with Gasteiger partial charge in [-0.05, 0) is 38.5 Å². The summed E-state index contributed by atoms with van der Waals surface area (Å²) in [5, 5.41) is 2.95. The molecule has 1 fully saturated rings. The van der Waals surface area contributed by atoms with Crippen LogP contribution in [0.2, 0.25) is 0 Å². The second-order valence-corrected chi connectivity index (χ2v) is 5.68. The van der Waals surface area contributed by atoms with Crippen molar-refractivity contribution in [2.45, 2.75) is 39.4 Å². The molecule has 0 aromatic heterocycles. The maximum absolute atomic E-state index is 12.0. The van der Waals surface area contributed by atoms with Gasteiger partial charge in [0, 0.05) is 31.7 Å². The lowest BCUT2D eigenvalue weighted by Gasteiger charge is -2.35. The first-order valence-electron chi connectivity index (χ1n) is 7.27. The van der Waals surface area contributed by atoms with Crippen LogP contribution in [0, 0.1) is 6.92 Å². The molecule has 4 heteroatoms. The first-order chi connectivity index (χ1) is 9.52. The lowest BCUT2D eigenvalue weighted by Crippen LogP contribution is -2.46. The summed E-state index contributed by atoms with van der Waals surface area (Å²) in [6.45, 7) is 8.77. The van der Waals surface area contributed by atoms with E-state index in [0.717, 1.165) is 30.9 Å². The summed E-state index contributed by atoms with van der Waals surface area (Å²) in [4.78, 5) is 14.3. The molecule has 1 N–H and O–H groups in total. The zero-order chi connectivity index (χ0) is 14.5. The second kappa shape index (κ2) is 6.86. The smallest absolute Gasteiger partial charge is 0.225 e. The van der Waals surface area contributed by atoms with Crippen LogP contribution in [0.5, 0.6) is 0 Å². The zero-order valence-electron chi connectivity index (χ0n) is 12.6. The molecule has 1 saturated heterocycles. The number of benzene rings is 1. The highest BCUT2D eigenvalue weighted by molar-refractivity contribution is 5.90. The van der Waals surface area contributed by atoms with Crippen LogP contribution in [0.25, 0.3) is 0 Å². The van der Waals surface area contributed by atoms with E-state index in [4.69, 9.17) is 4.74 Å². The molecular formula is C16H24N2O2. The van der Waals surface area contributed by atoms with Gasteiger partial charge in [0.2, 0.25) is 5.91 Å². The fraction of sp³-hybridized carbons (Fsp3) is 0.562.